The van der Waals surface area contributed by atoms with Crippen LogP contribution < -0.4 is 5.32 Å². The van der Waals surface area contributed by atoms with Crippen LogP contribution in [0.5, 0.6) is 5.75 Å². The van der Waals surface area contributed by atoms with Crippen molar-refractivity contribution >= 4 is 29.7 Å². The second-order valence-corrected chi connectivity index (χ2v) is 8.13. The Labute approximate surface area is 209 Å². The van der Waals surface area contributed by atoms with Crippen LogP contribution in [-0.2, 0) is 20.9 Å². The van der Waals surface area contributed by atoms with Gasteiger partial charge in [0, 0.05) is 28.8 Å². The fourth-order valence-corrected chi connectivity index (χ4v) is 3.47. The summed E-state index contributed by atoms with van der Waals surface area (Å²) >= 11 is 12.2. The summed E-state index contributed by atoms with van der Waals surface area (Å²) in [4.78, 5) is 8.36. The Morgan fingerprint density at radius 1 is 1.00 bits per heavy atom. The Morgan fingerprint density at radius 3 is 2.32 bits per heavy atom. The zero-order valence-electron chi connectivity index (χ0n) is 18.9. The lowest BCUT2D eigenvalue weighted by Crippen LogP contribution is -2.22. The van der Waals surface area contributed by atoms with Crippen molar-refractivity contribution in [3.05, 3.63) is 63.4 Å². The van der Waals surface area contributed by atoms with Gasteiger partial charge in [-0.05, 0) is 49.2 Å². The van der Waals surface area contributed by atoms with Gasteiger partial charge in [0.15, 0.2) is 11.6 Å². The molecule has 2 rings (SSSR count). The van der Waals surface area contributed by atoms with Gasteiger partial charge in [-0.25, -0.2) is 4.39 Å². The maximum Gasteiger partial charge on any atom is 0.290 e. The minimum Gasteiger partial charge on any atom is -0.505 e. The van der Waals surface area contributed by atoms with E-state index >= 15 is 0 Å². The summed E-state index contributed by atoms with van der Waals surface area (Å²) in [5.74, 6) is -1.14. The van der Waals surface area contributed by atoms with Gasteiger partial charge >= 0.3 is 0 Å². The molecule has 0 heterocycles. The van der Waals surface area contributed by atoms with Gasteiger partial charge < -0.3 is 30.1 Å². The topological polar surface area (TPSA) is 108 Å². The van der Waals surface area contributed by atoms with E-state index in [1.807, 2.05) is 0 Å². The van der Waals surface area contributed by atoms with E-state index < -0.39 is 17.7 Å². The summed E-state index contributed by atoms with van der Waals surface area (Å²) in [5.41, 5.74) is 1.24. The molecule has 0 aliphatic rings. The average molecular weight is 520 g/mol. The minimum absolute atomic E-state index is 0.250. The van der Waals surface area contributed by atoms with Crippen LogP contribution in [0.2, 0.25) is 10.0 Å². The second kappa shape index (κ2) is 18.4. The lowest BCUT2D eigenvalue weighted by Gasteiger charge is -2.12. The van der Waals surface area contributed by atoms with E-state index in [1.165, 1.54) is 12.1 Å². The van der Waals surface area contributed by atoms with Crippen LogP contribution in [-0.4, -0.2) is 54.7 Å². The molecule has 0 saturated carbocycles. The molecule has 0 radical (unpaired) electrons. The SMILES string of the molecule is O=CO.Oc1ccc([C@@H](O)CNCCCCCCOCCOCc2c(Cl)cccc2Cl)cc1F. The predicted molar refractivity (Wildman–Crippen MR) is 130 cm³/mol. The van der Waals surface area contributed by atoms with Gasteiger partial charge in [-0.3, -0.25) is 4.79 Å². The molecule has 0 saturated heterocycles. The Bertz CT molecular complexity index is 823. The van der Waals surface area contributed by atoms with Gasteiger partial charge in [0.05, 0.1) is 25.9 Å². The minimum atomic E-state index is -0.806. The normalized spacial score (nSPS) is 11.5. The summed E-state index contributed by atoms with van der Waals surface area (Å²) in [6.07, 6.45) is 3.27. The zero-order valence-corrected chi connectivity index (χ0v) is 20.4. The molecular formula is C24H32Cl2FNO6. The van der Waals surface area contributed by atoms with Crippen LogP contribution in [0.15, 0.2) is 36.4 Å². The number of halogens is 3. The van der Waals surface area contributed by atoms with Crippen LogP contribution >= 0.6 is 23.2 Å². The number of carbonyl (C=O) groups is 1. The first kappa shape index (κ1) is 30.1. The number of hydrogen-bond acceptors (Lipinski definition) is 6. The third-order valence-corrected chi connectivity index (χ3v) is 5.47. The number of aliphatic hydroxyl groups is 1. The first-order chi connectivity index (χ1) is 16.4. The number of phenols is 1. The van der Waals surface area contributed by atoms with E-state index in [1.54, 1.807) is 18.2 Å². The van der Waals surface area contributed by atoms with Gasteiger partial charge in [-0.2, -0.15) is 0 Å². The van der Waals surface area contributed by atoms with Crippen LogP contribution in [0.4, 0.5) is 4.39 Å². The molecule has 2 aromatic rings. The number of carboxylic acid groups (broad SMARTS) is 1. The average Bonchev–Trinajstić information content (AvgIpc) is 2.80. The van der Waals surface area contributed by atoms with Gasteiger partial charge in [0.25, 0.3) is 6.47 Å². The molecule has 0 amide bonds. The third kappa shape index (κ3) is 12.5. The Balaban J connectivity index is 0.00000182. The first-order valence-corrected chi connectivity index (χ1v) is 11.7. The highest BCUT2D eigenvalue weighted by Gasteiger charge is 2.10. The van der Waals surface area contributed by atoms with Crippen molar-refractivity contribution in [2.45, 2.75) is 38.4 Å². The molecule has 1 atom stereocenters. The highest BCUT2D eigenvalue weighted by Crippen LogP contribution is 2.24. The van der Waals surface area contributed by atoms with Gasteiger partial charge in [0.2, 0.25) is 0 Å². The second-order valence-electron chi connectivity index (χ2n) is 7.32. The summed E-state index contributed by atoms with van der Waals surface area (Å²) in [6.45, 7) is 2.93. The molecular weight excluding hydrogens is 488 g/mol. The van der Waals surface area contributed by atoms with Crippen molar-refractivity contribution in [2.24, 2.45) is 0 Å². The quantitative estimate of drug-likeness (QED) is 0.194. The molecule has 0 aromatic heterocycles. The Morgan fingerprint density at radius 2 is 1.65 bits per heavy atom. The molecule has 7 nitrogen and oxygen atoms in total. The smallest absolute Gasteiger partial charge is 0.290 e. The van der Waals surface area contributed by atoms with Crippen molar-refractivity contribution in [3.63, 3.8) is 0 Å². The lowest BCUT2D eigenvalue weighted by atomic mass is 10.1. The number of aromatic hydroxyl groups is 1. The van der Waals surface area contributed by atoms with E-state index in [2.05, 4.69) is 5.32 Å². The van der Waals surface area contributed by atoms with Gasteiger partial charge in [0.1, 0.15) is 0 Å². The van der Waals surface area contributed by atoms with Gasteiger partial charge in [-0.1, -0.05) is 48.2 Å². The van der Waals surface area contributed by atoms with Gasteiger partial charge in [-0.15, -0.1) is 0 Å². The summed E-state index contributed by atoms with van der Waals surface area (Å²) in [7, 11) is 0. The maximum absolute atomic E-state index is 13.3. The fourth-order valence-electron chi connectivity index (χ4n) is 2.96. The van der Waals surface area contributed by atoms with Crippen LogP contribution in [0.25, 0.3) is 0 Å². The number of ether oxygens (including phenoxy) is 2. The van der Waals surface area contributed by atoms with E-state index in [0.717, 1.165) is 43.9 Å². The standard InChI is InChI=1S/C23H30Cl2FNO4.CH2O2/c24-19-6-5-7-20(25)18(19)16-31-13-12-30-11-4-2-1-3-10-27-15-23(29)17-8-9-22(28)21(26)14-17;2-1-3/h5-9,14,23,27-29H,1-4,10-13,15-16H2;1H,(H,2,3)/t23-;/m0./s1. The van der Waals surface area contributed by atoms with Crippen molar-refractivity contribution in [1.82, 2.24) is 5.32 Å². The zero-order chi connectivity index (χ0) is 25.2. The van der Waals surface area contributed by atoms with E-state index in [-0.39, 0.29) is 6.47 Å². The lowest BCUT2D eigenvalue weighted by molar-refractivity contribution is -0.122. The van der Waals surface area contributed by atoms with E-state index in [9.17, 15) is 14.6 Å². The molecule has 10 heteroatoms. The maximum atomic E-state index is 13.3. The number of benzene rings is 2. The molecule has 0 unspecified atom stereocenters. The number of unbranched alkanes of at least 4 members (excludes halogenated alkanes) is 3. The fraction of sp³-hybridized carbons (Fsp3) is 0.458. The summed E-state index contributed by atoms with van der Waals surface area (Å²) in [6, 6.07) is 9.29. The van der Waals surface area contributed by atoms with Crippen molar-refractivity contribution < 1.29 is 34.0 Å². The summed E-state index contributed by atoms with van der Waals surface area (Å²) in [5, 5.41) is 30.5. The molecule has 0 bridgehead atoms. The Kier molecular flexibility index (Phi) is 16.3. The number of phenolic OH excluding ortho intramolecular Hbond substituents is 1. The third-order valence-electron chi connectivity index (χ3n) is 4.77. The van der Waals surface area contributed by atoms with Crippen LogP contribution in [0, 0.1) is 5.82 Å². The highest BCUT2D eigenvalue weighted by atomic mass is 35.5. The Hall–Kier alpha value is -1.94. The molecule has 0 aliphatic carbocycles. The molecule has 0 aliphatic heterocycles. The number of aliphatic hydroxyl groups excluding tert-OH is 1. The van der Waals surface area contributed by atoms with E-state index in [4.69, 9.17) is 42.6 Å². The highest BCUT2D eigenvalue weighted by molar-refractivity contribution is 6.35. The first-order valence-electron chi connectivity index (χ1n) is 10.9. The summed E-state index contributed by atoms with van der Waals surface area (Å²) < 4.78 is 24.4. The van der Waals surface area contributed by atoms with E-state index in [0.29, 0.717) is 48.6 Å². The van der Waals surface area contributed by atoms with Crippen LogP contribution in [0.3, 0.4) is 0 Å². The molecule has 0 spiro atoms. The predicted octanol–water partition coefficient (Wildman–Crippen LogP) is 4.96. The number of hydrogen-bond donors (Lipinski definition) is 4. The molecule has 0 fully saturated rings. The number of rotatable bonds is 15. The largest absolute Gasteiger partial charge is 0.505 e. The van der Waals surface area contributed by atoms with Crippen molar-refractivity contribution in [3.8, 4) is 5.75 Å². The van der Waals surface area contributed by atoms with Crippen LogP contribution in [0.1, 0.15) is 42.9 Å². The van der Waals surface area contributed by atoms with Crippen molar-refractivity contribution in [2.75, 3.05) is 32.9 Å². The molecule has 34 heavy (non-hydrogen) atoms. The molecule has 2 aromatic carbocycles. The molecule has 4 N–H and O–H groups in total. The van der Waals surface area contributed by atoms with Crippen molar-refractivity contribution in [1.29, 1.82) is 0 Å². The number of nitrogens with one attached hydrogen (secondary N) is 1. The monoisotopic (exact) mass is 519 g/mol. The molecule has 190 valence electrons.